The Balaban J connectivity index is 1.73. The molecule has 0 saturated carbocycles. The van der Waals surface area contributed by atoms with Crippen LogP contribution in [0.25, 0.3) is 11.1 Å². The molecule has 1 aromatic carbocycles. The fraction of sp³-hybridized carbons (Fsp3) is 0.429. The summed E-state index contributed by atoms with van der Waals surface area (Å²) in [5.74, 6) is 1.15. The molecule has 0 amide bonds. The first kappa shape index (κ1) is 22.5. The number of pyridine rings is 1. The number of aromatic nitrogens is 1. The zero-order valence-corrected chi connectivity index (χ0v) is 20.9. The van der Waals surface area contributed by atoms with Gasteiger partial charge in [-0.05, 0) is 60.1 Å². The quantitative estimate of drug-likeness (QED) is 0.635. The van der Waals surface area contributed by atoms with E-state index in [1.807, 2.05) is 38.2 Å². The Hall–Kier alpha value is -3.28. The average Bonchev–Trinajstić information content (AvgIpc) is 3.17. The van der Waals surface area contributed by atoms with Gasteiger partial charge in [-0.2, -0.15) is 10.2 Å². The molecule has 0 radical (unpaired) electrons. The van der Waals surface area contributed by atoms with Crippen molar-refractivity contribution in [2.45, 2.75) is 58.5 Å². The van der Waals surface area contributed by atoms with Crippen LogP contribution in [0.5, 0.6) is 0 Å². The fourth-order valence-electron chi connectivity index (χ4n) is 6.01. The molecule has 5 rings (SSSR count). The predicted molar refractivity (Wildman–Crippen MR) is 135 cm³/mol. The van der Waals surface area contributed by atoms with Gasteiger partial charge in [-0.3, -0.25) is 4.79 Å². The minimum absolute atomic E-state index is 0.0735. The molecule has 6 heteroatoms. The third-order valence-corrected chi connectivity index (χ3v) is 7.48. The van der Waals surface area contributed by atoms with Gasteiger partial charge in [0, 0.05) is 43.6 Å². The highest BCUT2D eigenvalue weighted by Gasteiger charge is 2.53. The Bertz CT molecular complexity index is 1270. The standard InChI is InChI=1S/C28H33N5O/c1-7-28(20-10-8-9-18(13-20)19-11-12-29-23(14-19)33(5)6)24-17(2)31-32-26(24)30-21-15-27(3,4)16-22(34)25(21)28/h8-14,26,30H,7,15-16H2,1-6H3/t26?,28-/m1/s1. The zero-order chi connectivity index (χ0) is 24.3. The predicted octanol–water partition coefficient (Wildman–Crippen LogP) is 5.77. The van der Waals surface area contributed by atoms with Crippen molar-refractivity contribution < 1.29 is 4.79 Å². The van der Waals surface area contributed by atoms with Crippen LogP contribution < -0.4 is 10.2 Å². The van der Waals surface area contributed by atoms with Crippen LogP contribution in [0.3, 0.4) is 0 Å². The van der Waals surface area contributed by atoms with Crippen molar-refractivity contribution in [1.82, 2.24) is 10.3 Å². The van der Waals surface area contributed by atoms with E-state index in [2.05, 4.69) is 71.6 Å². The van der Waals surface area contributed by atoms with E-state index in [0.29, 0.717) is 6.42 Å². The number of fused-ring (bicyclic) bond motifs is 1. The number of nitrogens with one attached hydrogen (secondary N) is 1. The van der Waals surface area contributed by atoms with Gasteiger partial charge in [0.25, 0.3) is 0 Å². The first-order valence-corrected chi connectivity index (χ1v) is 12.1. The number of carbonyl (C=O) groups excluding carboxylic acids is 1. The van der Waals surface area contributed by atoms with Gasteiger partial charge in [0.1, 0.15) is 5.82 Å². The van der Waals surface area contributed by atoms with Crippen LogP contribution in [0.15, 0.2) is 75.4 Å². The summed E-state index contributed by atoms with van der Waals surface area (Å²) in [6, 6.07) is 12.8. The van der Waals surface area contributed by atoms with Gasteiger partial charge in [-0.1, -0.05) is 39.0 Å². The van der Waals surface area contributed by atoms with Gasteiger partial charge in [-0.25, -0.2) is 4.98 Å². The van der Waals surface area contributed by atoms with Crippen LogP contribution in [-0.4, -0.2) is 31.0 Å². The van der Waals surface area contributed by atoms with Crippen LogP contribution >= 0.6 is 0 Å². The molecule has 3 heterocycles. The Labute approximate surface area is 201 Å². The molecule has 0 spiro atoms. The maximum atomic E-state index is 13.8. The Morgan fingerprint density at radius 1 is 1.12 bits per heavy atom. The van der Waals surface area contributed by atoms with Crippen molar-refractivity contribution in [2.24, 2.45) is 15.6 Å². The summed E-state index contributed by atoms with van der Waals surface area (Å²) in [7, 11) is 3.99. The topological polar surface area (TPSA) is 70.0 Å². The molecule has 1 aliphatic carbocycles. The molecule has 0 bridgehead atoms. The maximum Gasteiger partial charge on any atom is 0.165 e. The Kier molecular flexibility index (Phi) is 5.23. The van der Waals surface area contributed by atoms with Crippen molar-refractivity contribution in [3.05, 3.63) is 70.7 Å². The van der Waals surface area contributed by atoms with Gasteiger partial charge in [0.15, 0.2) is 11.9 Å². The second-order valence-electron chi connectivity index (χ2n) is 10.7. The number of hydrogen-bond acceptors (Lipinski definition) is 6. The van der Waals surface area contributed by atoms with Crippen molar-refractivity contribution in [3.8, 4) is 11.1 Å². The van der Waals surface area contributed by atoms with E-state index >= 15 is 0 Å². The van der Waals surface area contributed by atoms with Crippen molar-refractivity contribution in [1.29, 1.82) is 0 Å². The van der Waals surface area contributed by atoms with Crippen molar-refractivity contribution in [2.75, 3.05) is 19.0 Å². The van der Waals surface area contributed by atoms with E-state index in [-0.39, 0.29) is 17.4 Å². The van der Waals surface area contributed by atoms with E-state index < -0.39 is 5.41 Å². The Morgan fingerprint density at radius 2 is 1.88 bits per heavy atom. The number of azo groups is 1. The molecule has 1 N–H and O–H groups in total. The van der Waals surface area contributed by atoms with Crippen LogP contribution in [-0.2, 0) is 10.2 Å². The highest BCUT2D eigenvalue weighted by Crippen LogP contribution is 2.55. The molecule has 1 unspecified atom stereocenters. The first-order valence-electron chi connectivity index (χ1n) is 12.1. The van der Waals surface area contributed by atoms with Crippen molar-refractivity contribution in [3.63, 3.8) is 0 Å². The summed E-state index contributed by atoms with van der Waals surface area (Å²) in [4.78, 5) is 20.2. The van der Waals surface area contributed by atoms with Crippen LogP contribution in [0, 0.1) is 5.41 Å². The van der Waals surface area contributed by atoms with Gasteiger partial charge < -0.3 is 10.2 Å². The smallest absolute Gasteiger partial charge is 0.165 e. The molecule has 1 aromatic heterocycles. The normalized spacial score (nSPS) is 25.2. The number of Topliss-reactive ketones (excluding diaryl/α,β-unsaturated/α-hetero) is 1. The highest BCUT2D eigenvalue weighted by atomic mass is 16.1. The van der Waals surface area contributed by atoms with E-state index in [0.717, 1.165) is 57.9 Å². The number of ketones is 1. The molecule has 2 aliphatic heterocycles. The lowest BCUT2D eigenvalue weighted by atomic mass is 9.58. The molecule has 34 heavy (non-hydrogen) atoms. The summed E-state index contributed by atoms with van der Waals surface area (Å²) < 4.78 is 0. The number of allylic oxidation sites excluding steroid dienone is 3. The van der Waals surface area contributed by atoms with Gasteiger partial charge in [-0.15, -0.1) is 0 Å². The van der Waals surface area contributed by atoms with Gasteiger partial charge in [0.2, 0.25) is 0 Å². The SMILES string of the molecule is CC[C@]1(c2cccc(-c3ccnc(N(C)C)c3)c2)C2=C(CC(C)(C)CC2=O)NC2N=NC(C)=C21. The van der Waals surface area contributed by atoms with E-state index in [1.165, 1.54) is 0 Å². The zero-order valence-electron chi connectivity index (χ0n) is 20.9. The van der Waals surface area contributed by atoms with E-state index in [4.69, 9.17) is 0 Å². The maximum absolute atomic E-state index is 13.8. The number of carbonyl (C=O) groups is 1. The molecule has 0 saturated heterocycles. The third kappa shape index (κ3) is 3.39. The minimum atomic E-state index is -0.542. The highest BCUT2D eigenvalue weighted by molar-refractivity contribution is 6.01. The van der Waals surface area contributed by atoms with Crippen LogP contribution in [0.2, 0.25) is 0 Å². The molecule has 176 valence electrons. The molecule has 2 aromatic rings. The Morgan fingerprint density at radius 3 is 2.62 bits per heavy atom. The monoisotopic (exact) mass is 455 g/mol. The molecular weight excluding hydrogens is 422 g/mol. The lowest BCUT2D eigenvalue weighted by molar-refractivity contribution is -0.119. The lowest BCUT2D eigenvalue weighted by Crippen LogP contribution is -2.51. The molecule has 3 aliphatic rings. The minimum Gasteiger partial charge on any atom is -0.363 e. The van der Waals surface area contributed by atoms with Crippen LogP contribution in [0.4, 0.5) is 5.82 Å². The van der Waals surface area contributed by atoms with Crippen molar-refractivity contribution >= 4 is 11.6 Å². The molecule has 6 nitrogen and oxygen atoms in total. The van der Waals surface area contributed by atoms with Gasteiger partial charge >= 0.3 is 0 Å². The fourth-order valence-corrected chi connectivity index (χ4v) is 6.01. The molecule has 0 fully saturated rings. The third-order valence-electron chi connectivity index (χ3n) is 7.48. The van der Waals surface area contributed by atoms with E-state index in [9.17, 15) is 4.79 Å². The summed E-state index contributed by atoms with van der Waals surface area (Å²) in [5.41, 5.74) is 6.70. The largest absolute Gasteiger partial charge is 0.363 e. The summed E-state index contributed by atoms with van der Waals surface area (Å²) in [6.45, 7) is 8.54. The number of nitrogens with zero attached hydrogens (tertiary/aromatic N) is 4. The summed E-state index contributed by atoms with van der Waals surface area (Å²) >= 11 is 0. The average molecular weight is 456 g/mol. The number of rotatable bonds is 4. The number of anilines is 1. The lowest BCUT2D eigenvalue weighted by Gasteiger charge is -2.48. The summed E-state index contributed by atoms with van der Waals surface area (Å²) in [6.07, 6.45) is 3.80. The van der Waals surface area contributed by atoms with E-state index in [1.54, 1.807) is 0 Å². The first-order chi connectivity index (χ1) is 16.2. The van der Waals surface area contributed by atoms with Crippen LogP contribution in [0.1, 0.15) is 52.5 Å². The molecular formula is C28H33N5O. The second-order valence-corrected chi connectivity index (χ2v) is 10.7. The number of benzene rings is 1. The summed E-state index contributed by atoms with van der Waals surface area (Å²) in [5, 5.41) is 12.6. The second kappa shape index (κ2) is 7.90. The van der Waals surface area contributed by atoms with Gasteiger partial charge in [0.05, 0.1) is 11.1 Å². The molecule has 2 atom stereocenters. The number of hydrogen-bond donors (Lipinski definition) is 1.